The summed E-state index contributed by atoms with van der Waals surface area (Å²) in [6.07, 6.45) is 11.4. The van der Waals surface area contributed by atoms with E-state index in [1.807, 2.05) is 18.2 Å². The fourth-order valence-electron chi connectivity index (χ4n) is 11.4. The van der Waals surface area contributed by atoms with Gasteiger partial charge in [-0.15, -0.1) is 0 Å². The third kappa shape index (κ3) is 5.16. The van der Waals surface area contributed by atoms with Crippen LogP contribution in [0.1, 0.15) is 98.3 Å². The molecule has 4 saturated carbocycles. The van der Waals surface area contributed by atoms with Gasteiger partial charge in [0.15, 0.2) is 0 Å². The molecule has 0 aromatic heterocycles. The van der Waals surface area contributed by atoms with Gasteiger partial charge in [0.1, 0.15) is 0 Å². The molecule has 236 valence electrons. The van der Waals surface area contributed by atoms with Crippen molar-refractivity contribution in [3.8, 4) is 0 Å². The first kappa shape index (κ1) is 30.9. The van der Waals surface area contributed by atoms with Gasteiger partial charge < -0.3 is 15.1 Å². The highest BCUT2D eigenvalue weighted by Crippen LogP contribution is 2.69. The molecule has 7 heteroatoms. The van der Waals surface area contributed by atoms with Crippen molar-refractivity contribution in [2.24, 2.45) is 52.3 Å². The van der Waals surface area contributed by atoms with E-state index in [1.165, 1.54) is 6.42 Å². The van der Waals surface area contributed by atoms with Crippen LogP contribution in [0.4, 0.5) is 5.69 Å². The number of hydrogen-bond donors (Lipinski definition) is 3. The summed E-state index contributed by atoms with van der Waals surface area (Å²) in [6, 6.07) is 7.48. The van der Waals surface area contributed by atoms with E-state index < -0.39 is 10.0 Å². The molecule has 1 saturated heterocycles. The Bertz CT molecular complexity index is 1220. The molecular formula is C35H56N2O4S. The third-order valence-electron chi connectivity index (χ3n) is 13.6. The molecule has 11 atom stereocenters. The number of aliphatic hydroxyl groups is 2. The second-order valence-corrected chi connectivity index (χ2v) is 17.3. The first-order valence-electron chi connectivity index (χ1n) is 17.2. The van der Waals surface area contributed by atoms with Gasteiger partial charge in [-0.2, -0.15) is 0 Å². The molecule has 1 aliphatic heterocycles. The van der Waals surface area contributed by atoms with Crippen molar-refractivity contribution in [2.75, 3.05) is 24.5 Å². The topological polar surface area (TPSA) is 89.9 Å². The van der Waals surface area contributed by atoms with Crippen molar-refractivity contribution in [1.29, 1.82) is 0 Å². The number of nitrogens with zero attached hydrogens (tertiary/aromatic N) is 1. The zero-order chi connectivity index (χ0) is 29.9. The van der Waals surface area contributed by atoms with E-state index in [2.05, 4.69) is 37.3 Å². The van der Waals surface area contributed by atoms with Gasteiger partial charge in [0.05, 0.1) is 17.1 Å². The van der Waals surface area contributed by atoms with E-state index in [1.54, 1.807) is 6.07 Å². The van der Waals surface area contributed by atoms with Crippen LogP contribution < -0.4 is 9.62 Å². The van der Waals surface area contributed by atoms with Crippen LogP contribution in [-0.2, 0) is 10.0 Å². The molecule has 1 aromatic carbocycles. The number of anilines is 1. The zero-order valence-electron chi connectivity index (χ0n) is 26.5. The minimum atomic E-state index is -3.60. The van der Waals surface area contributed by atoms with E-state index >= 15 is 0 Å². The predicted octanol–water partition coefficient (Wildman–Crippen LogP) is 6.22. The van der Waals surface area contributed by atoms with Crippen LogP contribution in [0.15, 0.2) is 29.2 Å². The summed E-state index contributed by atoms with van der Waals surface area (Å²) in [7, 11) is -3.60. The molecule has 3 N–H and O–H groups in total. The summed E-state index contributed by atoms with van der Waals surface area (Å²) in [5.41, 5.74) is 1.33. The quantitative estimate of drug-likeness (QED) is 0.346. The second kappa shape index (κ2) is 11.7. The summed E-state index contributed by atoms with van der Waals surface area (Å²) >= 11 is 0. The average molecular weight is 601 g/mol. The summed E-state index contributed by atoms with van der Waals surface area (Å²) in [5, 5.41) is 22.5. The SMILES string of the molecule is CC[C@@H]1C2C[C@H](O)CC[C@@]2(C)[C@H]2CCC3(C)[C@@H]([C@H](C)CNS(=O)(=O)c4cccc(N5CCCCC5)c4)CC[C@H]3C2[C@@H]1O. The Balaban J connectivity index is 1.16. The summed E-state index contributed by atoms with van der Waals surface area (Å²) in [4.78, 5) is 2.67. The summed E-state index contributed by atoms with van der Waals surface area (Å²) in [6.45, 7) is 11.9. The molecule has 5 fully saturated rings. The van der Waals surface area contributed by atoms with Gasteiger partial charge in [-0.25, -0.2) is 13.1 Å². The highest BCUT2D eigenvalue weighted by Gasteiger charge is 2.64. The predicted molar refractivity (Wildman–Crippen MR) is 169 cm³/mol. The summed E-state index contributed by atoms with van der Waals surface area (Å²) < 4.78 is 29.9. The molecule has 1 heterocycles. The van der Waals surface area contributed by atoms with Crippen LogP contribution in [0.5, 0.6) is 0 Å². The van der Waals surface area contributed by atoms with Crippen LogP contribution in [0, 0.1) is 52.3 Å². The Kier molecular flexibility index (Phi) is 8.56. The molecule has 0 radical (unpaired) electrons. The van der Waals surface area contributed by atoms with Gasteiger partial charge in [-0.05, 0) is 135 Å². The number of nitrogens with one attached hydrogen (secondary N) is 1. The number of sulfonamides is 1. The van der Waals surface area contributed by atoms with E-state index in [9.17, 15) is 18.6 Å². The molecule has 3 unspecified atom stereocenters. The lowest BCUT2D eigenvalue weighted by Crippen LogP contribution is -2.62. The lowest BCUT2D eigenvalue weighted by atomic mass is 9.41. The zero-order valence-corrected chi connectivity index (χ0v) is 27.3. The Morgan fingerprint density at radius 2 is 1.69 bits per heavy atom. The van der Waals surface area contributed by atoms with E-state index in [0.29, 0.717) is 41.0 Å². The lowest BCUT2D eigenvalue weighted by Gasteiger charge is -2.64. The minimum absolute atomic E-state index is 0.122. The molecule has 0 spiro atoms. The van der Waals surface area contributed by atoms with Gasteiger partial charge in [0.2, 0.25) is 10.0 Å². The number of benzene rings is 1. The van der Waals surface area contributed by atoms with E-state index in [4.69, 9.17) is 0 Å². The molecule has 42 heavy (non-hydrogen) atoms. The first-order chi connectivity index (χ1) is 20.0. The van der Waals surface area contributed by atoms with Crippen LogP contribution >= 0.6 is 0 Å². The van der Waals surface area contributed by atoms with Gasteiger partial charge >= 0.3 is 0 Å². The third-order valence-corrected chi connectivity index (χ3v) is 15.0. The fourth-order valence-corrected chi connectivity index (χ4v) is 12.6. The standard InChI is InChI=1S/C35H56N2O4S/c1-5-27-31-21-25(38)14-16-35(31,4)30-15-17-34(3)28(12-13-29(34)32(30)33(27)39)23(2)22-36-42(40,41)26-11-9-10-24(20-26)37-18-7-6-8-19-37/h9-11,20,23,25,27-33,36,38-39H,5-8,12-19,21-22H2,1-4H3/t23-,25-,27-,28-,29+,30+,31?,32?,33-,34?,35+/m1/s1. The van der Waals surface area contributed by atoms with Crippen molar-refractivity contribution in [3.63, 3.8) is 0 Å². The number of aliphatic hydroxyl groups excluding tert-OH is 2. The molecular weight excluding hydrogens is 544 g/mol. The van der Waals surface area contributed by atoms with Crippen LogP contribution in [0.25, 0.3) is 0 Å². The monoisotopic (exact) mass is 600 g/mol. The molecule has 4 aliphatic carbocycles. The van der Waals surface area contributed by atoms with Crippen molar-refractivity contribution < 1.29 is 18.6 Å². The van der Waals surface area contributed by atoms with Crippen LogP contribution in [0.3, 0.4) is 0 Å². The molecule has 6 nitrogen and oxygen atoms in total. The van der Waals surface area contributed by atoms with Crippen molar-refractivity contribution in [2.45, 2.75) is 115 Å². The maximum absolute atomic E-state index is 13.5. The Morgan fingerprint density at radius 1 is 0.976 bits per heavy atom. The minimum Gasteiger partial charge on any atom is -0.393 e. The van der Waals surface area contributed by atoms with E-state index in [-0.39, 0.29) is 34.9 Å². The van der Waals surface area contributed by atoms with Gasteiger partial charge in [-0.3, -0.25) is 0 Å². The van der Waals surface area contributed by atoms with Crippen molar-refractivity contribution >= 4 is 15.7 Å². The molecule has 5 aliphatic rings. The molecule has 6 rings (SSSR count). The van der Waals surface area contributed by atoms with E-state index in [0.717, 1.165) is 83.0 Å². The molecule has 0 bridgehead atoms. The Hall–Kier alpha value is -1.15. The highest BCUT2D eigenvalue weighted by molar-refractivity contribution is 7.89. The second-order valence-electron chi connectivity index (χ2n) is 15.5. The Labute approximate surface area is 255 Å². The van der Waals surface area contributed by atoms with Gasteiger partial charge in [0.25, 0.3) is 0 Å². The largest absolute Gasteiger partial charge is 0.393 e. The summed E-state index contributed by atoms with van der Waals surface area (Å²) in [5.74, 6) is 2.66. The average Bonchev–Trinajstić information content (AvgIpc) is 3.35. The normalized spacial score (nSPS) is 42.9. The van der Waals surface area contributed by atoms with Gasteiger partial charge in [0, 0.05) is 25.3 Å². The smallest absolute Gasteiger partial charge is 0.240 e. The van der Waals surface area contributed by atoms with Crippen molar-refractivity contribution in [1.82, 2.24) is 4.72 Å². The maximum atomic E-state index is 13.5. The number of rotatable bonds is 7. The molecule has 1 aromatic rings. The fraction of sp³-hybridized carbons (Fsp3) is 0.829. The van der Waals surface area contributed by atoms with Gasteiger partial charge in [-0.1, -0.05) is 40.2 Å². The van der Waals surface area contributed by atoms with Crippen LogP contribution in [0.2, 0.25) is 0 Å². The highest BCUT2D eigenvalue weighted by atomic mass is 32.2. The maximum Gasteiger partial charge on any atom is 0.240 e. The number of fused-ring (bicyclic) bond motifs is 5. The number of hydrogen-bond acceptors (Lipinski definition) is 5. The van der Waals surface area contributed by atoms with Crippen LogP contribution in [-0.4, -0.2) is 50.5 Å². The Morgan fingerprint density at radius 3 is 2.43 bits per heavy atom. The van der Waals surface area contributed by atoms with Crippen molar-refractivity contribution in [3.05, 3.63) is 24.3 Å². The lowest BCUT2D eigenvalue weighted by molar-refractivity contribution is -0.203. The molecule has 0 amide bonds. The first-order valence-corrected chi connectivity index (χ1v) is 18.7. The number of piperidine rings is 1.